The summed E-state index contributed by atoms with van der Waals surface area (Å²) < 4.78 is 0. The molecule has 31 heavy (non-hydrogen) atoms. The Hall–Kier alpha value is -2.08. The van der Waals surface area contributed by atoms with Gasteiger partial charge in [-0.1, -0.05) is 43.0 Å². The van der Waals surface area contributed by atoms with Crippen LogP contribution in [0.25, 0.3) is 0 Å². The van der Waals surface area contributed by atoms with Crippen molar-refractivity contribution in [1.29, 1.82) is 0 Å². The van der Waals surface area contributed by atoms with E-state index in [1.807, 2.05) is 28.0 Å². The summed E-state index contributed by atoms with van der Waals surface area (Å²) in [5.41, 5.74) is 0.889. The van der Waals surface area contributed by atoms with Crippen LogP contribution in [-0.4, -0.2) is 65.6 Å². The smallest absolute Gasteiger partial charge is 0.228 e. The maximum atomic E-state index is 13.4. The standard InChI is InChI=1S/C24H32ClN3O3/c1-26-21(29)16-20(23(26)18-8-5-9-19(25)15-18)24(31)28-12-10-27(11-13-28)22(30)14-17-6-3-2-4-7-17/h5,8-9,15,17,20,23H,2-4,6-7,10-14,16H2,1H3. The van der Waals surface area contributed by atoms with Gasteiger partial charge in [-0.2, -0.15) is 0 Å². The number of hydrogen-bond acceptors (Lipinski definition) is 3. The molecule has 3 aliphatic rings. The molecular weight excluding hydrogens is 414 g/mol. The summed E-state index contributed by atoms with van der Waals surface area (Å²) in [5.74, 6) is 0.318. The number of likely N-dealkylation sites (tertiary alicyclic amines) is 1. The van der Waals surface area contributed by atoms with Crippen LogP contribution in [0, 0.1) is 11.8 Å². The van der Waals surface area contributed by atoms with Crippen molar-refractivity contribution in [3.05, 3.63) is 34.9 Å². The summed E-state index contributed by atoms with van der Waals surface area (Å²) in [7, 11) is 1.75. The predicted octanol–water partition coefficient (Wildman–Crippen LogP) is 3.50. The molecule has 2 aliphatic heterocycles. The van der Waals surface area contributed by atoms with E-state index in [-0.39, 0.29) is 30.2 Å². The van der Waals surface area contributed by atoms with E-state index in [1.165, 1.54) is 19.3 Å². The lowest BCUT2D eigenvalue weighted by atomic mass is 9.86. The largest absolute Gasteiger partial charge is 0.339 e. The van der Waals surface area contributed by atoms with Crippen LogP contribution in [0.1, 0.15) is 56.6 Å². The van der Waals surface area contributed by atoms with E-state index < -0.39 is 5.92 Å². The maximum absolute atomic E-state index is 13.4. The van der Waals surface area contributed by atoms with Gasteiger partial charge in [-0.05, 0) is 36.5 Å². The van der Waals surface area contributed by atoms with E-state index in [0.717, 1.165) is 18.4 Å². The van der Waals surface area contributed by atoms with Crippen molar-refractivity contribution in [3.63, 3.8) is 0 Å². The van der Waals surface area contributed by atoms with Gasteiger partial charge >= 0.3 is 0 Å². The Balaban J connectivity index is 1.37. The minimum Gasteiger partial charge on any atom is -0.339 e. The van der Waals surface area contributed by atoms with E-state index in [9.17, 15) is 14.4 Å². The molecule has 168 valence electrons. The van der Waals surface area contributed by atoms with Gasteiger partial charge in [0.05, 0.1) is 12.0 Å². The molecule has 1 aromatic carbocycles. The monoisotopic (exact) mass is 445 g/mol. The lowest BCUT2D eigenvalue weighted by Gasteiger charge is -2.37. The number of hydrogen-bond donors (Lipinski definition) is 0. The van der Waals surface area contributed by atoms with Gasteiger partial charge in [0, 0.05) is 51.1 Å². The third-order valence-corrected chi connectivity index (χ3v) is 7.46. The molecule has 0 spiro atoms. The Morgan fingerprint density at radius 3 is 2.39 bits per heavy atom. The van der Waals surface area contributed by atoms with Gasteiger partial charge in [0.15, 0.2) is 0 Å². The minimum absolute atomic E-state index is 0.00190. The summed E-state index contributed by atoms with van der Waals surface area (Å²) >= 11 is 6.16. The summed E-state index contributed by atoms with van der Waals surface area (Å²) in [6.45, 7) is 2.23. The Labute approximate surface area is 189 Å². The molecule has 1 aromatic rings. The first-order chi connectivity index (χ1) is 14.9. The molecule has 2 atom stereocenters. The first-order valence-corrected chi connectivity index (χ1v) is 11.9. The Morgan fingerprint density at radius 2 is 1.71 bits per heavy atom. The fourth-order valence-corrected chi connectivity index (χ4v) is 5.61. The lowest BCUT2D eigenvalue weighted by Crippen LogP contribution is -2.52. The number of amides is 3. The van der Waals surface area contributed by atoms with Crippen molar-refractivity contribution in [3.8, 4) is 0 Å². The molecule has 7 heteroatoms. The van der Waals surface area contributed by atoms with Gasteiger partial charge < -0.3 is 14.7 Å². The average Bonchev–Trinajstić information content (AvgIpc) is 3.08. The van der Waals surface area contributed by atoms with Gasteiger partial charge in [-0.3, -0.25) is 14.4 Å². The molecule has 1 saturated carbocycles. The first kappa shape index (κ1) is 22.1. The van der Waals surface area contributed by atoms with Crippen LogP contribution in [0.2, 0.25) is 5.02 Å². The van der Waals surface area contributed by atoms with Crippen molar-refractivity contribution in [2.24, 2.45) is 11.8 Å². The summed E-state index contributed by atoms with van der Waals surface area (Å²) in [6, 6.07) is 7.11. The quantitative estimate of drug-likeness (QED) is 0.712. The second-order valence-corrected chi connectivity index (χ2v) is 9.67. The summed E-state index contributed by atoms with van der Waals surface area (Å²) in [4.78, 5) is 43.9. The minimum atomic E-state index is -0.416. The van der Waals surface area contributed by atoms with Crippen molar-refractivity contribution < 1.29 is 14.4 Å². The second-order valence-electron chi connectivity index (χ2n) is 9.23. The zero-order chi connectivity index (χ0) is 22.0. The average molecular weight is 446 g/mol. The second kappa shape index (κ2) is 9.60. The third-order valence-electron chi connectivity index (χ3n) is 7.23. The van der Waals surface area contributed by atoms with E-state index in [4.69, 9.17) is 11.6 Å². The van der Waals surface area contributed by atoms with Gasteiger partial charge in [0.1, 0.15) is 0 Å². The van der Waals surface area contributed by atoms with Crippen LogP contribution in [0.15, 0.2) is 24.3 Å². The number of halogens is 1. The fourth-order valence-electron chi connectivity index (χ4n) is 5.42. The number of piperazine rings is 1. The van der Waals surface area contributed by atoms with Crippen LogP contribution < -0.4 is 0 Å². The van der Waals surface area contributed by atoms with Gasteiger partial charge in [-0.25, -0.2) is 0 Å². The predicted molar refractivity (Wildman–Crippen MR) is 119 cm³/mol. The normalized spacial score (nSPS) is 25.2. The molecule has 3 amide bonds. The van der Waals surface area contributed by atoms with Crippen molar-refractivity contribution in [2.45, 2.75) is 51.0 Å². The van der Waals surface area contributed by atoms with Crippen LogP contribution in [0.5, 0.6) is 0 Å². The molecule has 2 saturated heterocycles. The van der Waals surface area contributed by atoms with Crippen molar-refractivity contribution in [2.75, 3.05) is 33.2 Å². The van der Waals surface area contributed by atoms with Gasteiger partial charge in [-0.15, -0.1) is 0 Å². The molecule has 3 fully saturated rings. The van der Waals surface area contributed by atoms with Crippen molar-refractivity contribution >= 4 is 29.3 Å². The highest BCUT2D eigenvalue weighted by Gasteiger charge is 2.44. The third kappa shape index (κ3) is 4.89. The maximum Gasteiger partial charge on any atom is 0.228 e. The number of rotatable bonds is 4. The molecule has 1 aliphatic carbocycles. The topological polar surface area (TPSA) is 60.9 Å². The molecule has 0 bridgehead atoms. The molecule has 0 radical (unpaired) electrons. The molecule has 4 rings (SSSR count). The number of carbonyl (C=O) groups excluding carboxylic acids is 3. The molecule has 2 heterocycles. The van der Waals surface area contributed by atoms with Crippen molar-refractivity contribution in [1.82, 2.24) is 14.7 Å². The molecular formula is C24H32ClN3O3. The van der Waals surface area contributed by atoms with Crippen LogP contribution in [-0.2, 0) is 14.4 Å². The molecule has 0 N–H and O–H groups in total. The molecule has 0 aromatic heterocycles. The van der Waals surface area contributed by atoms with Gasteiger partial charge in [0.2, 0.25) is 17.7 Å². The zero-order valence-electron chi connectivity index (χ0n) is 18.3. The van der Waals surface area contributed by atoms with E-state index >= 15 is 0 Å². The summed E-state index contributed by atoms with van der Waals surface area (Å²) in [6.07, 6.45) is 6.96. The van der Waals surface area contributed by atoms with E-state index in [0.29, 0.717) is 43.5 Å². The van der Waals surface area contributed by atoms with E-state index in [1.54, 1.807) is 18.0 Å². The highest BCUT2D eigenvalue weighted by molar-refractivity contribution is 6.30. The zero-order valence-corrected chi connectivity index (χ0v) is 19.0. The molecule has 2 unspecified atom stereocenters. The van der Waals surface area contributed by atoms with Gasteiger partial charge in [0.25, 0.3) is 0 Å². The number of benzene rings is 1. The Morgan fingerprint density at radius 1 is 1.03 bits per heavy atom. The van der Waals surface area contributed by atoms with Crippen LogP contribution in [0.4, 0.5) is 0 Å². The highest BCUT2D eigenvalue weighted by atomic mass is 35.5. The van der Waals surface area contributed by atoms with E-state index in [2.05, 4.69) is 0 Å². The van der Waals surface area contributed by atoms with Crippen LogP contribution >= 0.6 is 11.6 Å². The number of carbonyl (C=O) groups is 3. The number of nitrogens with zero attached hydrogens (tertiary/aromatic N) is 3. The van der Waals surface area contributed by atoms with Crippen LogP contribution in [0.3, 0.4) is 0 Å². The summed E-state index contributed by atoms with van der Waals surface area (Å²) in [5, 5.41) is 0.599. The lowest BCUT2D eigenvalue weighted by molar-refractivity contribution is -0.143. The Kier molecular flexibility index (Phi) is 6.85. The molecule has 6 nitrogen and oxygen atoms in total. The fraction of sp³-hybridized carbons (Fsp3) is 0.625. The Bertz CT molecular complexity index is 831. The highest BCUT2D eigenvalue weighted by Crippen LogP contribution is 2.39. The first-order valence-electron chi connectivity index (χ1n) is 11.5. The SMILES string of the molecule is CN1C(=O)CC(C(=O)N2CCN(C(=O)CC3CCCCC3)CC2)C1c1cccc(Cl)c1.